The molecule has 1 N–H and O–H groups in total. The van der Waals surface area contributed by atoms with Crippen LogP contribution in [0.25, 0.3) is 0 Å². The first kappa shape index (κ1) is 21.1. The number of carbonyl (C=O) groups is 2. The summed E-state index contributed by atoms with van der Waals surface area (Å²) in [5.41, 5.74) is 2.00. The van der Waals surface area contributed by atoms with Gasteiger partial charge >= 0.3 is 11.9 Å². The van der Waals surface area contributed by atoms with E-state index in [1.54, 1.807) is 0 Å². The lowest BCUT2D eigenvalue weighted by atomic mass is 9.64. The molecule has 0 saturated carbocycles. The van der Waals surface area contributed by atoms with Gasteiger partial charge in [-0.2, -0.15) is 5.10 Å². The number of nitrogens with one attached hydrogen (secondary N) is 1. The average molecular weight is 426 g/mol. The molecule has 3 aromatic carbocycles. The Kier molecular flexibility index (Phi) is 5.85. The van der Waals surface area contributed by atoms with Crippen LogP contribution in [0.3, 0.4) is 0 Å². The minimum Gasteiger partial charge on any atom is -0.464 e. The van der Waals surface area contributed by atoms with Crippen molar-refractivity contribution in [2.24, 2.45) is 0 Å². The van der Waals surface area contributed by atoms with E-state index < -0.39 is 17.4 Å². The Labute approximate surface area is 185 Å². The van der Waals surface area contributed by atoms with Gasteiger partial charge in [0.25, 0.3) is 0 Å². The number of esters is 2. The van der Waals surface area contributed by atoms with Crippen LogP contribution in [0.2, 0.25) is 0 Å². The van der Waals surface area contributed by atoms with Crippen molar-refractivity contribution in [3.05, 3.63) is 125 Å². The summed E-state index contributed by atoms with van der Waals surface area (Å²) in [7, 11) is 2.58. The summed E-state index contributed by atoms with van der Waals surface area (Å²) in [5.74, 6) is -1.28. The molecule has 0 bridgehead atoms. The SMILES string of the molecule is COC(=O)c1n[nH]c(C(=O)OC)c1C(c1ccccc1)(c1ccccc1)c1ccccc1. The molecule has 6 heteroatoms. The maximum absolute atomic E-state index is 12.9. The molecular formula is C26H22N2O4. The van der Waals surface area contributed by atoms with E-state index >= 15 is 0 Å². The topological polar surface area (TPSA) is 81.3 Å². The zero-order chi connectivity index (χ0) is 22.6. The van der Waals surface area contributed by atoms with Gasteiger partial charge in [0.1, 0.15) is 5.69 Å². The number of hydrogen-bond donors (Lipinski definition) is 1. The highest BCUT2D eigenvalue weighted by Crippen LogP contribution is 2.47. The van der Waals surface area contributed by atoms with E-state index in [1.807, 2.05) is 91.0 Å². The smallest absolute Gasteiger partial charge is 0.358 e. The molecule has 0 fully saturated rings. The Morgan fingerprint density at radius 3 is 1.47 bits per heavy atom. The fourth-order valence-corrected chi connectivity index (χ4v) is 4.20. The van der Waals surface area contributed by atoms with Crippen LogP contribution in [-0.4, -0.2) is 36.4 Å². The highest BCUT2D eigenvalue weighted by Gasteiger charge is 2.46. The van der Waals surface area contributed by atoms with Gasteiger partial charge in [0.15, 0.2) is 5.69 Å². The second-order valence-corrected chi connectivity index (χ2v) is 7.15. The maximum Gasteiger partial charge on any atom is 0.358 e. The molecular weight excluding hydrogens is 404 g/mol. The third-order valence-corrected chi connectivity index (χ3v) is 5.53. The number of hydrogen-bond acceptors (Lipinski definition) is 5. The molecule has 0 aliphatic heterocycles. The average Bonchev–Trinajstić information content (AvgIpc) is 3.31. The summed E-state index contributed by atoms with van der Waals surface area (Å²) in [6.45, 7) is 0. The van der Waals surface area contributed by atoms with E-state index in [0.29, 0.717) is 5.56 Å². The van der Waals surface area contributed by atoms with Gasteiger partial charge in [-0.1, -0.05) is 91.0 Å². The summed E-state index contributed by atoms with van der Waals surface area (Å²) >= 11 is 0. The summed E-state index contributed by atoms with van der Waals surface area (Å²) in [5, 5.41) is 6.93. The number of carbonyl (C=O) groups excluding carboxylic acids is 2. The Balaban J connectivity index is 2.24. The van der Waals surface area contributed by atoms with Crippen LogP contribution in [0.4, 0.5) is 0 Å². The number of ether oxygens (including phenoxy) is 2. The normalized spacial score (nSPS) is 11.1. The van der Waals surface area contributed by atoms with Gasteiger partial charge in [0.05, 0.1) is 19.6 Å². The standard InChI is InChI=1S/C26H22N2O4/c1-31-24(29)22-21(23(28-27-22)25(30)32-2)26(18-12-6-3-7-13-18,19-14-8-4-9-15-19)20-16-10-5-11-17-20/h3-17H,1-2H3,(H,27,28). The fourth-order valence-electron chi connectivity index (χ4n) is 4.20. The summed E-state index contributed by atoms with van der Waals surface area (Å²) in [6.07, 6.45) is 0. The molecule has 160 valence electrons. The molecule has 4 rings (SSSR count). The molecule has 6 nitrogen and oxygen atoms in total. The van der Waals surface area contributed by atoms with Crippen LogP contribution < -0.4 is 0 Å². The van der Waals surface area contributed by atoms with Gasteiger partial charge < -0.3 is 9.47 Å². The van der Waals surface area contributed by atoms with Crippen LogP contribution >= 0.6 is 0 Å². The molecule has 0 amide bonds. The van der Waals surface area contributed by atoms with E-state index in [1.165, 1.54) is 14.2 Å². The van der Waals surface area contributed by atoms with Crippen molar-refractivity contribution in [1.29, 1.82) is 0 Å². The minimum absolute atomic E-state index is 0.0180. The number of nitrogens with zero attached hydrogens (tertiary/aromatic N) is 1. The molecule has 0 spiro atoms. The van der Waals surface area contributed by atoms with Gasteiger partial charge in [-0.3, -0.25) is 5.10 Å². The molecule has 1 aromatic heterocycles. The molecule has 0 unspecified atom stereocenters. The molecule has 1 heterocycles. The van der Waals surface area contributed by atoms with Crippen molar-refractivity contribution in [2.45, 2.75) is 5.41 Å². The number of aromatic nitrogens is 2. The lowest BCUT2D eigenvalue weighted by Gasteiger charge is -2.36. The van der Waals surface area contributed by atoms with Crippen LogP contribution in [0.15, 0.2) is 91.0 Å². The van der Waals surface area contributed by atoms with E-state index in [2.05, 4.69) is 10.2 Å². The van der Waals surface area contributed by atoms with Crippen LogP contribution in [0, 0.1) is 0 Å². The first-order valence-electron chi connectivity index (χ1n) is 10.1. The van der Waals surface area contributed by atoms with Crippen molar-refractivity contribution in [2.75, 3.05) is 14.2 Å². The van der Waals surface area contributed by atoms with Gasteiger partial charge in [0.2, 0.25) is 0 Å². The van der Waals surface area contributed by atoms with Crippen molar-refractivity contribution >= 4 is 11.9 Å². The monoisotopic (exact) mass is 426 g/mol. The van der Waals surface area contributed by atoms with Crippen molar-refractivity contribution in [3.63, 3.8) is 0 Å². The third kappa shape index (κ3) is 3.36. The Hall–Kier alpha value is -4.19. The molecule has 0 aliphatic rings. The minimum atomic E-state index is -1.05. The van der Waals surface area contributed by atoms with Gasteiger partial charge in [-0.15, -0.1) is 0 Å². The molecule has 4 aromatic rings. The highest BCUT2D eigenvalue weighted by atomic mass is 16.5. The summed E-state index contributed by atoms with van der Waals surface area (Å²) in [6, 6.07) is 29.1. The Morgan fingerprint density at radius 1 is 0.688 bits per heavy atom. The van der Waals surface area contributed by atoms with Crippen LogP contribution in [-0.2, 0) is 14.9 Å². The number of methoxy groups -OCH3 is 2. The van der Waals surface area contributed by atoms with Crippen molar-refractivity contribution in [3.8, 4) is 0 Å². The maximum atomic E-state index is 12.9. The van der Waals surface area contributed by atoms with E-state index in [9.17, 15) is 9.59 Å². The first-order chi connectivity index (χ1) is 15.6. The van der Waals surface area contributed by atoms with Gasteiger partial charge in [-0.05, 0) is 16.7 Å². The molecule has 32 heavy (non-hydrogen) atoms. The Bertz CT molecular complexity index is 1090. The van der Waals surface area contributed by atoms with Crippen molar-refractivity contribution < 1.29 is 19.1 Å². The predicted molar refractivity (Wildman–Crippen MR) is 120 cm³/mol. The number of rotatable bonds is 6. The summed E-state index contributed by atoms with van der Waals surface area (Å²) in [4.78, 5) is 25.7. The second kappa shape index (κ2) is 8.89. The number of aromatic amines is 1. The van der Waals surface area contributed by atoms with Crippen LogP contribution in [0.1, 0.15) is 43.2 Å². The molecule has 0 atom stereocenters. The third-order valence-electron chi connectivity index (χ3n) is 5.53. The predicted octanol–water partition coefficient (Wildman–Crippen LogP) is 4.37. The lowest BCUT2D eigenvalue weighted by Crippen LogP contribution is -2.34. The quantitative estimate of drug-likeness (QED) is 0.366. The molecule has 0 saturated heterocycles. The number of H-pyrrole nitrogens is 1. The van der Waals surface area contributed by atoms with Crippen LogP contribution in [0.5, 0.6) is 0 Å². The Morgan fingerprint density at radius 2 is 1.09 bits per heavy atom. The number of benzene rings is 3. The van der Waals surface area contributed by atoms with Gasteiger partial charge in [-0.25, -0.2) is 9.59 Å². The van der Waals surface area contributed by atoms with E-state index in [0.717, 1.165) is 16.7 Å². The molecule has 0 radical (unpaired) electrons. The highest BCUT2D eigenvalue weighted by molar-refractivity contribution is 5.98. The zero-order valence-electron chi connectivity index (χ0n) is 17.7. The van der Waals surface area contributed by atoms with E-state index in [-0.39, 0.29) is 11.4 Å². The summed E-state index contributed by atoms with van der Waals surface area (Å²) < 4.78 is 10.1. The lowest BCUT2D eigenvalue weighted by molar-refractivity contribution is 0.0588. The van der Waals surface area contributed by atoms with Gasteiger partial charge in [0, 0.05) is 5.56 Å². The van der Waals surface area contributed by atoms with E-state index in [4.69, 9.17) is 9.47 Å². The largest absolute Gasteiger partial charge is 0.464 e. The zero-order valence-corrected chi connectivity index (χ0v) is 17.7. The first-order valence-corrected chi connectivity index (χ1v) is 10.1. The van der Waals surface area contributed by atoms with Crippen molar-refractivity contribution in [1.82, 2.24) is 10.2 Å². The fraction of sp³-hybridized carbons (Fsp3) is 0.115. The molecule has 0 aliphatic carbocycles. The second-order valence-electron chi connectivity index (χ2n) is 7.15.